The molecule has 0 spiro atoms. The molecule has 2 atom stereocenters. The first-order chi connectivity index (χ1) is 16.6. The standard InChI is InChI=1S/C29H39N3O3/c1-19(2)21-8-10-22(11-9-21)30-28-31-25-16-24(35-14-6-7-27(33)34)12-13-26(25)32(28)23-15-20(3)17-29(4,5)18-23/h8-13,16,19-20,23H,6-7,14-15,17-18H2,1-5H3,(H,30,31)(H,33,34)/t20-,23-/m1/s1. The molecule has 35 heavy (non-hydrogen) atoms. The highest BCUT2D eigenvalue weighted by Gasteiger charge is 2.34. The summed E-state index contributed by atoms with van der Waals surface area (Å²) in [6.07, 6.45) is 4.07. The Bertz CT molecular complexity index is 1160. The number of carboxylic acids is 1. The number of nitrogens with one attached hydrogen (secondary N) is 1. The number of nitrogens with zero attached hydrogens (tertiary/aromatic N) is 2. The number of imidazole rings is 1. The lowest BCUT2D eigenvalue weighted by Gasteiger charge is -2.40. The van der Waals surface area contributed by atoms with Gasteiger partial charge in [0.25, 0.3) is 0 Å². The van der Waals surface area contributed by atoms with Crippen molar-refractivity contribution in [3.63, 3.8) is 0 Å². The Morgan fingerprint density at radius 3 is 2.60 bits per heavy atom. The van der Waals surface area contributed by atoms with Crippen LogP contribution in [0.25, 0.3) is 11.0 Å². The van der Waals surface area contributed by atoms with E-state index in [1.54, 1.807) is 0 Å². The molecular formula is C29H39N3O3. The number of aromatic nitrogens is 2. The molecule has 0 unspecified atom stereocenters. The van der Waals surface area contributed by atoms with Crippen molar-refractivity contribution >= 4 is 28.6 Å². The molecule has 1 fully saturated rings. The SMILES string of the molecule is CC(C)c1ccc(Nc2nc3cc(OCCCC(=O)O)ccc3n2[C@@H]2C[C@@H](C)CC(C)(C)C2)cc1. The number of carbonyl (C=O) groups is 1. The van der Waals surface area contributed by atoms with Gasteiger partial charge in [0, 0.05) is 24.2 Å². The van der Waals surface area contributed by atoms with E-state index in [-0.39, 0.29) is 11.8 Å². The molecule has 188 valence electrons. The second-order valence-electron chi connectivity index (χ2n) is 11.3. The third-order valence-corrected chi connectivity index (χ3v) is 7.03. The van der Waals surface area contributed by atoms with Crippen molar-refractivity contribution in [3.8, 4) is 5.75 Å². The highest BCUT2D eigenvalue weighted by molar-refractivity contribution is 5.81. The topological polar surface area (TPSA) is 76.4 Å². The maximum absolute atomic E-state index is 10.8. The summed E-state index contributed by atoms with van der Waals surface area (Å²) in [6.45, 7) is 11.9. The van der Waals surface area contributed by atoms with Crippen LogP contribution < -0.4 is 10.1 Å². The third kappa shape index (κ3) is 6.16. The Morgan fingerprint density at radius 2 is 1.94 bits per heavy atom. The van der Waals surface area contributed by atoms with Gasteiger partial charge < -0.3 is 19.7 Å². The Kier molecular flexibility index (Phi) is 7.39. The number of aliphatic carboxylic acids is 1. The molecule has 0 radical (unpaired) electrons. The van der Waals surface area contributed by atoms with E-state index in [4.69, 9.17) is 14.8 Å². The average Bonchev–Trinajstić information content (AvgIpc) is 3.12. The molecule has 0 saturated heterocycles. The summed E-state index contributed by atoms with van der Waals surface area (Å²) in [7, 11) is 0. The van der Waals surface area contributed by atoms with Crippen LogP contribution in [0.4, 0.5) is 11.6 Å². The van der Waals surface area contributed by atoms with Crippen LogP contribution in [-0.4, -0.2) is 27.2 Å². The number of benzene rings is 2. The quantitative estimate of drug-likeness (QED) is 0.311. The molecule has 4 rings (SSSR count). The minimum Gasteiger partial charge on any atom is -0.494 e. The fraction of sp³-hybridized carbons (Fsp3) is 0.517. The molecule has 0 bridgehead atoms. The minimum absolute atomic E-state index is 0.107. The number of ether oxygens (including phenoxy) is 1. The van der Waals surface area contributed by atoms with Crippen LogP contribution in [0.5, 0.6) is 5.75 Å². The first kappa shape index (κ1) is 25.1. The second kappa shape index (κ2) is 10.3. The van der Waals surface area contributed by atoms with Crippen molar-refractivity contribution in [1.29, 1.82) is 0 Å². The average molecular weight is 478 g/mol. The van der Waals surface area contributed by atoms with Crippen LogP contribution in [0.15, 0.2) is 42.5 Å². The largest absolute Gasteiger partial charge is 0.494 e. The van der Waals surface area contributed by atoms with Crippen LogP contribution in [0.3, 0.4) is 0 Å². The summed E-state index contributed by atoms with van der Waals surface area (Å²) in [5.74, 6) is 1.92. The van der Waals surface area contributed by atoms with Gasteiger partial charge in [0.2, 0.25) is 5.95 Å². The van der Waals surface area contributed by atoms with Gasteiger partial charge in [0.05, 0.1) is 17.6 Å². The molecule has 3 aromatic rings. The van der Waals surface area contributed by atoms with Gasteiger partial charge in [-0.1, -0.05) is 46.8 Å². The highest BCUT2D eigenvalue weighted by Crippen LogP contribution is 2.46. The van der Waals surface area contributed by atoms with Gasteiger partial charge in [-0.05, 0) is 72.8 Å². The number of rotatable bonds is 9. The third-order valence-electron chi connectivity index (χ3n) is 7.03. The molecule has 1 heterocycles. The summed E-state index contributed by atoms with van der Waals surface area (Å²) >= 11 is 0. The molecular weight excluding hydrogens is 438 g/mol. The van der Waals surface area contributed by atoms with Gasteiger partial charge in [-0.25, -0.2) is 4.98 Å². The van der Waals surface area contributed by atoms with Gasteiger partial charge in [0.15, 0.2) is 0 Å². The number of carboxylic acid groups (broad SMARTS) is 1. The van der Waals surface area contributed by atoms with Gasteiger partial charge >= 0.3 is 5.97 Å². The minimum atomic E-state index is -0.801. The predicted octanol–water partition coefficient (Wildman–Crippen LogP) is 7.53. The van der Waals surface area contributed by atoms with Crippen LogP contribution in [0.2, 0.25) is 0 Å². The van der Waals surface area contributed by atoms with E-state index in [0.29, 0.717) is 30.9 Å². The van der Waals surface area contributed by atoms with E-state index >= 15 is 0 Å². The molecule has 2 aromatic carbocycles. The molecule has 0 aliphatic heterocycles. The molecule has 1 aromatic heterocycles. The Balaban J connectivity index is 1.66. The molecule has 6 nitrogen and oxygen atoms in total. The van der Waals surface area contributed by atoms with Gasteiger partial charge in [0.1, 0.15) is 5.75 Å². The zero-order valence-corrected chi connectivity index (χ0v) is 21.7. The van der Waals surface area contributed by atoms with Crippen LogP contribution >= 0.6 is 0 Å². The van der Waals surface area contributed by atoms with E-state index in [2.05, 4.69) is 74.8 Å². The van der Waals surface area contributed by atoms with Crippen LogP contribution in [0.1, 0.15) is 84.2 Å². The first-order valence-electron chi connectivity index (χ1n) is 12.8. The lowest BCUT2D eigenvalue weighted by Crippen LogP contribution is -2.29. The van der Waals surface area contributed by atoms with E-state index < -0.39 is 5.97 Å². The van der Waals surface area contributed by atoms with Crippen molar-refractivity contribution in [2.45, 2.75) is 78.7 Å². The van der Waals surface area contributed by atoms with Crippen LogP contribution in [-0.2, 0) is 4.79 Å². The number of hydrogen-bond acceptors (Lipinski definition) is 4. The van der Waals surface area contributed by atoms with Gasteiger partial charge in [-0.3, -0.25) is 4.79 Å². The summed E-state index contributed by atoms with van der Waals surface area (Å²) < 4.78 is 8.22. The Labute approximate surface area is 208 Å². The summed E-state index contributed by atoms with van der Waals surface area (Å²) in [5.41, 5.74) is 4.61. The predicted molar refractivity (Wildman–Crippen MR) is 142 cm³/mol. The normalized spacial score (nSPS) is 19.7. The molecule has 1 aliphatic carbocycles. The molecule has 1 saturated carbocycles. The van der Waals surface area contributed by atoms with E-state index in [1.807, 2.05) is 12.1 Å². The summed E-state index contributed by atoms with van der Waals surface area (Å²) in [6, 6.07) is 15.0. The fourth-order valence-electron chi connectivity index (χ4n) is 5.61. The molecule has 0 amide bonds. The number of anilines is 2. The second-order valence-corrected chi connectivity index (χ2v) is 11.3. The zero-order valence-electron chi connectivity index (χ0n) is 21.7. The molecule has 2 N–H and O–H groups in total. The van der Waals surface area contributed by atoms with E-state index in [0.717, 1.165) is 41.3 Å². The first-order valence-corrected chi connectivity index (χ1v) is 12.8. The van der Waals surface area contributed by atoms with Gasteiger partial charge in [-0.2, -0.15) is 0 Å². The number of hydrogen-bond donors (Lipinski definition) is 2. The van der Waals surface area contributed by atoms with Crippen molar-refractivity contribution in [3.05, 3.63) is 48.0 Å². The van der Waals surface area contributed by atoms with Crippen molar-refractivity contribution < 1.29 is 14.6 Å². The summed E-state index contributed by atoms with van der Waals surface area (Å²) in [4.78, 5) is 15.8. The monoisotopic (exact) mass is 477 g/mol. The fourth-order valence-corrected chi connectivity index (χ4v) is 5.61. The lowest BCUT2D eigenvalue weighted by molar-refractivity contribution is -0.137. The van der Waals surface area contributed by atoms with Crippen LogP contribution in [0, 0.1) is 11.3 Å². The zero-order chi connectivity index (χ0) is 25.2. The maximum atomic E-state index is 10.8. The van der Waals surface area contributed by atoms with Gasteiger partial charge in [-0.15, -0.1) is 0 Å². The Morgan fingerprint density at radius 1 is 1.20 bits per heavy atom. The smallest absolute Gasteiger partial charge is 0.303 e. The van der Waals surface area contributed by atoms with E-state index in [9.17, 15) is 4.79 Å². The van der Waals surface area contributed by atoms with E-state index in [1.165, 1.54) is 12.0 Å². The number of fused-ring (bicyclic) bond motifs is 1. The highest BCUT2D eigenvalue weighted by atomic mass is 16.5. The van der Waals surface area contributed by atoms with Crippen molar-refractivity contribution in [2.24, 2.45) is 11.3 Å². The maximum Gasteiger partial charge on any atom is 0.303 e. The lowest BCUT2D eigenvalue weighted by atomic mass is 9.70. The Hall–Kier alpha value is -3.02. The molecule has 1 aliphatic rings. The van der Waals surface area contributed by atoms with Crippen molar-refractivity contribution in [1.82, 2.24) is 9.55 Å². The molecule has 6 heteroatoms. The summed E-state index contributed by atoms with van der Waals surface area (Å²) in [5, 5.41) is 12.5. The van der Waals surface area contributed by atoms with Crippen molar-refractivity contribution in [2.75, 3.05) is 11.9 Å².